The number of carbonyl (C=O) groups is 1. The summed E-state index contributed by atoms with van der Waals surface area (Å²) in [4.78, 5) is 16.9. The van der Waals surface area contributed by atoms with Crippen molar-refractivity contribution in [3.05, 3.63) is 84.3 Å². The van der Waals surface area contributed by atoms with E-state index in [-0.39, 0.29) is 27.9 Å². The minimum atomic E-state index is -3.55. The van der Waals surface area contributed by atoms with Crippen molar-refractivity contribution in [2.45, 2.75) is 16.3 Å². The van der Waals surface area contributed by atoms with Gasteiger partial charge in [0.2, 0.25) is 9.84 Å². The molecule has 4 rings (SSSR count). The lowest BCUT2D eigenvalue weighted by Gasteiger charge is -2.07. The van der Waals surface area contributed by atoms with Crippen LogP contribution in [-0.4, -0.2) is 29.5 Å². The predicted molar refractivity (Wildman–Crippen MR) is 103 cm³/mol. The standard InChI is InChI=1S/C20H16N4O3S/c25-20(18-10-15-12-23-24-19(15)13-21-18)22-11-14-6-8-17(9-7-14)28(26,27)16-4-2-1-3-5-16/h1-10,12-13H,11H2,(H,22,25)(H,23,24). The number of carbonyl (C=O) groups excluding carboxylic acids is 1. The molecule has 140 valence electrons. The second-order valence-electron chi connectivity index (χ2n) is 6.17. The first-order chi connectivity index (χ1) is 13.5. The van der Waals surface area contributed by atoms with Crippen LogP contribution in [0.15, 0.2) is 82.8 Å². The Morgan fingerprint density at radius 1 is 0.964 bits per heavy atom. The van der Waals surface area contributed by atoms with Crippen molar-refractivity contribution in [1.29, 1.82) is 0 Å². The summed E-state index contributed by atoms with van der Waals surface area (Å²) >= 11 is 0. The third-order valence-electron chi connectivity index (χ3n) is 4.30. The molecule has 0 atom stereocenters. The molecule has 4 aromatic rings. The number of H-pyrrole nitrogens is 1. The SMILES string of the molecule is O=C(NCc1ccc(S(=O)(=O)c2ccccc2)cc1)c1cc2cn[nH]c2cn1. The minimum Gasteiger partial charge on any atom is -0.347 e. The molecule has 0 unspecified atom stereocenters. The van der Waals surface area contributed by atoms with Crippen molar-refractivity contribution < 1.29 is 13.2 Å². The number of rotatable bonds is 5. The van der Waals surface area contributed by atoms with Crippen LogP contribution in [0.1, 0.15) is 16.1 Å². The van der Waals surface area contributed by atoms with Crippen LogP contribution in [0.2, 0.25) is 0 Å². The molecule has 0 aliphatic heterocycles. The van der Waals surface area contributed by atoms with Crippen LogP contribution in [0.25, 0.3) is 10.9 Å². The lowest BCUT2D eigenvalue weighted by Crippen LogP contribution is -2.23. The molecule has 0 saturated heterocycles. The largest absolute Gasteiger partial charge is 0.347 e. The summed E-state index contributed by atoms with van der Waals surface area (Å²) in [6.07, 6.45) is 3.18. The van der Waals surface area contributed by atoms with E-state index in [0.29, 0.717) is 0 Å². The molecule has 7 nitrogen and oxygen atoms in total. The van der Waals surface area contributed by atoms with Gasteiger partial charge in [0.05, 0.1) is 27.7 Å². The van der Waals surface area contributed by atoms with Gasteiger partial charge in [-0.2, -0.15) is 5.10 Å². The lowest BCUT2D eigenvalue weighted by molar-refractivity contribution is 0.0946. The molecule has 0 saturated carbocycles. The van der Waals surface area contributed by atoms with Gasteiger partial charge in [-0.3, -0.25) is 9.89 Å². The molecule has 1 amide bonds. The molecule has 28 heavy (non-hydrogen) atoms. The number of nitrogens with one attached hydrogen (secondary N) is 2. The average molecular weight is 392 g/mol. The van der Waals surface area contributed by atoms with Gasteiger partial charge in [-0.1, -0.05) is 30.3 Å². The molecule has 0 spiro atoms. The number of hydrogen-bond acceptors (Lipinski definition) is 5. The highest BCUT2D eigenvalue weighted by Gasteiger charge is 2.17. The molecule has 0 bridgehead atoms. The highest BCUT2D eigenvalue weighted by atomic mass is 32.2. The van der Waals surface area contributed by atoms with Crippen molar-refractivity contribution in [2.24, 2.45) is 0 Å². The van der Waals surface area contributed by atoms with Crippen molar-refractivity contribution in [2.75, 3.05) is 0 Å². The second-order valence-corrected chi connectivity index (χ2v) is 8.12. The Bertz CT molecular complexity index is 1230. The Labute approximate surface area is 161 Å². The fourth-order valence-electron chi connectivity index (χ4n) is 2.76. The number of aromatic nitrogens is 3. The van der Waals surface area contributed by atoms with Gasteiger partial charge in [-0.25, -0.2) is 13.4 Å². The van der Waals surface area contributed by atoms with Crippen molar-refractivity contribution in [3.63, 3.8) is 0 Å². The first-order valence-corrected chi connectivity index (χ1v) is 9.99. The molecule has 0 fully saturated rings. The van der Waals surface area contributed by atoms with Gasteiger partial charge in [-0.05, 0) is 35.9 Å². The quantitative estimate of drug-likeness (QED) is 0.543. The van der Waals surface area contributed by atoms with Gasteiger partial charge < -0.3 is 5.32 Å². The van der Waals surface area contributed by atoms with Crippen LogP contribution in [0.3, 0.4) is 0 Å². The topological polar surface area (TPSA) is 105 Å². The predicted octanol–water partition coefficient (Wildman–Crippen LogP) is 2.72. The van der Waals surface area contributed by atoms with Crippen LogP contribution in [0.4, 0.5) is 0 Å². The Morgan fingerprint density at radius 3 is 2.43 bits per heavy atom. The van der Waals surface area contributed by atoms with Gasteiger partial charge in [-0.15, -0.1) is 0 Å². The van der Waals surface area contributed by atoms with Crippen LogP contribution in [-0.2, 0) is 16.4 Å². The molecule has 8 heteroatoms. The number of amides is 1. The fourth-order valence-corrected chi connectivity index (χ4v) is 4.04. The van der Waals surface area contributed by atoms with Crippen molar-refractivity contribution in [3.8, 4) is 0 Å². The molecular formula is C20H16N4O3S. The average Bonchev–Trinajstić information content (AvgIpc) is 3.21. The van der Waals surface area contributed by atoms with Crippen LogP contribution in [0, 0.1) is 0 Å². The normalized spacial score (nSPS) is 11.4. The van der Waals surface area contributed by atoms with E-state index in [2.05, 4.69) is 20.5 Å². The third kappa shape index (κ3) is 3.49. The summed E-state index contributed by atoms with van der Waals surface area (Å²) in [7, 11) is -3.55. The van der Waals surface area contributed by atoms with Crippen molar-refractivity contribution >= 4 is 26.6 Å². The van der Waals surface area contributed by atoms with E-state index in [1.54, 1.807) is 73.1 Å². The number of sulfone groups is 1. The molecule has 0 aliphatic rings. The molecule has 0 radical (unpaired) electrons. The molecule has 2 N–H and O–H groups in total. The van der Waals surface area contributed by atoms with Gasteiger partial charge >= 0.3 is 0 Å². The molecule has 2 aromatic carbocycles. The monoisotopic (exact) mass is 392 g/mol. The Morgan fingerprint density at radius 2 is 1.68 bits per heavy atom. The number of fused-ring (bicyclic) bond motifs is 1. The van der Waals surface area contributed by atoms with Gasteiger partial charge in [0.15, 0.2) is 0 Å². The second kappa shape index (κ2) is 7.24. The third-order valence-corrected chi connectivity index (χ3v) is 6.08. The molecule has 2 aromatic heterocycles. The number of benzene rings is 2. The van der Waals surface area contributed by atoms with Gasteiger partial charge in [0, 0.05) is 11.9 Å². The molecular weight excluding hydrogens is 376 g/mol. The van der Waals surface area contributed by atoms with E-state index in [9.17, 15) is 13.2 Å². The Kier molecular flexibility index (Phi) is 4.62. The van der Waals surface area contributed by atoms with E-state index in [1.807, 2.05) is 0 Å². The van der Waals surface area contributed by atoms with Crippen LogP contribution in [0.5, 0.6) is 0 Å². The maximum atomic E-state index is 12.6. The van der Waals surface area contributed by atoms with E-state index >= 15 is 0 Å². The maximum Gasteiger partial charge on any atom is 0.270 e. The number of pyridine rings is 1. The number of nitrogens with zero attached hydrogens (tertiary/aromatic N) is 2. The summed E-state index contributed by atoms with van der Waals surface area (Å²) < 4.78 is 25.2. The Hall–Kier alpha value is -3.52. The van der Waals surface area contributed by atoms with Crippen LogP contribution >= 0.6 is 0 Å². The first kappa shape index (κ1) is 17.9. The highest BCUT2D eigenvalue weighted by Crippen LogP contribution is 2.20. The highest BCUT2D eigenvalue weighted by molar-refractivity contribution is 7.91. The van der Waals surface area contributed by atoms with Crippen molar-refractivity contribution in [1.82, 2.24) is 20.5 Å². The van der Waals surface area contributed by atoms with E-state index < -0.39 is 9.84 Å². The summed E-state index contributed by atoms with van der Waals surface area (Å²) in [5, 5.41) is 10.3. The number of aromatic amines is 1. The van der Waals surface area contributed by atoms with Gasteiger partial charge in [0.25, 0.3) is 5.91 Å². The van der Waals surface area contributed by atoms with E-state index in [1.165, 1.54) is 0 Å². The summed E-state index contributed by atoms with van der Waals surface area (Å²) in [5.74, 6) is -0.316. The maximum absolute atomic E-state index is 12.6. The van der Waals surface area contributed by atoms with Gasteiger partial charge in [0.1, 0.15) is 5.69 Å². The molecule has 2 heterocycles. The summed E-state index contributed by atoms with van der Waals surface area (Å²) in [5.41, 5.74) is 1.83. The zero-order chi connectivity index (χ0) is 19.6. The minimum absolute atomic E-state index is 0.209. The Balaban J connectivity index is 1.45. The molecule has 0 aliphatic carbocycles. The van der Waals surface area contributed by atoms with Crippen LogP contribution < -0.4 is 5.32 Å². The van der Waals surface area contributed by atoms with E-state index in [4.69, 9.17) is 0 Å². The fraction of sp³-hybridized carbons (Fsp3) is 0.0500. The lowest BCUT2D eigenvalue weighted by atomic mass is 10.2. The summed E-state index contributed by atoms with van der Waals surface area (Å²) in [6, 6.07) is 16.4. The zero-order valence-corrected chi connectivity index (χ0v) is 15.5. The zero-order valence-electron chi connectivity index (χ0n) is 14.7. The smallest absolute Gasteiger partial charge is 0.270 e. The first-order valence-electron chi connectivity index (χ1n) is 8.50. The number of hydrogen-bond donors (Lipinski definition) is 2. The van der Waals surface area contributed by atoms with E-state index in [0.717, 1.165) is 16.5 Å². The summed E-state index contributed by atoms with van der Waals surface area (Å²) in [6.45, 7) is 0.260.